The topological polar surface area (TPSA) is 93.1 Å². The Bertz CT molecular complexity index is 794. The second-order valence-electron chi connectivity index (χ2n) is 5.66. The molecule has 0 bridgehead atoms. The van der Waals surface area contributed by atoms with Crippen LogP contribution in [0.2, 0.25) is 0 Å². The standard InChI is InChI=1S/C14H11F6N5O/c1-12(5-10(23-25-12)14(18,19)20)11(24-26)22-8-3-2-7(6-21)9(4-8)13(15,16)17/h2-4,10,26H,5H2,1H3,(H,22,24). The van der Waals surface area contributed by atoms with Gasteiger partial charge in [-0.2, -0.15) is 41.8 Å². The Kier molecular flexibility index (Phi) is 4.96. The Balaban J connectivity index is 2.42. The SMILES string of the molecule is CC1(C(=Nc2ccc(C#N)c(C(F)(F)F)c2)NO)CC(C(F)(F)F)N=N1. The molecule has 0 spiro atoms. The first-order chi connectivity index (χ1) is 11.9. The van der Waals surface area contributed by atoms with Crippen molar-refractivity contribution in [2.24, 2.45) is 15.2 Å². The van der Waals surface area contributed by atoms with E-state index in [9.17, 15) is 31.5 Å². The number of nitrogens with one attached hydrogen (secondary N) is 1. The summed E-state index contributed by atoms with van der Waals surface area (Å²) >= 11 is 0. The average Bonchev–Trinajstić information content (AvgIpc) is 2.95. The molecule has 2 unspecified atom stereocenters. The maximum absolute atomic E-state index is 13.0. The van der Waals surface area contributed by atoms with E-state index in [4.69, 9.17) is 5.26 Å². The van der Waals surface area contributed by atoms with Crippen molar-refractivity contribution in [3.8, 4) is 6.07 Å². The molecule has 0 radical (unpaired) electrons. The number of amidine groups is 1. The second-order valence-corrected chi connectivity index (χ2v) is 5.66. The summed E-state index contributed by atoms with van der Waals surface area (Å²) in [6, 6.07) is 1.75. The molecule has 2 N–H and O–H groups in total. The third-order valence-corrected chi connectivity index (χ3v) is 3.67. The van der Waals surface area contributed by atoms with Crippen LogP contribution < -0.4 is 5.48 Å². The number of halogens is 6. The summed E-state index contributed by atoms with van der Waals surface area (Å²) in [5.74, 6) is -0.508. The highest BCUT2D eigenvalue weighted by Crippen LogP contribution is 2.38. The third-order valence-electron chi connectivity index (χ3n) is 3.67. The van der Waals surface area contributed by atoms with Crippen LogP contribution in [0.5, 0.6) is 0 Å². The Morgan fingerprint density at radius 2 is 2.00 bits per heavy atom. The average molecular weight is 379 g/mol. The van der Waals surface area contributed by atoms with Gasteiger partial charge < -0.3 is 0 Å². The Labute approximate surface area is 142 Å². The van der Waals surface area contributed by atoms with Gasteiger partial charge in [0.1, 0.15) is 5.54 Å². The van der Waals surface area contributed by atoms with E-state index < -0.39 is 47.3 Å². The lowest BCUT2D eigenvalue weighted by molar-refractivity contribution is -0.147. The van der Waals surface area contributed by atoms with Crippen molar-refractivity contribution in [1.29, 1.82) is 5.26 Å². The van der Waals surface area contributed by atoms with Gasteiger partial charge in [0.15, 0.2) is 11.9 Å². The van der Waals surface area contributed by atoms with Crippen LogP contribution in [0.4, 0.5) is 32.0 Å². The quantitative estimate of drug-likeness (QED) is 0.350. The number of benzene rings is 1. The number of nitrogens with zero attached hydrogens (tertiary/aromatic N) is 4. The fraction of sp³-hybridized carbons (Fsp3) is 0.429. The second kappa shape index (κ2) is 6.56. The minimum Gasteiger partial charge on any atom is -0.290 e. The first kappa shape index (κ1) is 19.6. The summed E-state index contributed by atoms with van der Waals surface area (Å²) in [6.07, 6.45) is -10.2. The van der Waals surface area contributed by atoms with E-state index in [1.807, 2.05) is 0 Å². The Morgan fingerprint density at radius 1 is 1.35 bits per heavy atom. The first-order valence-corrected chi connectivity index (χ1v) is 7.00. The third kappa shape index (κ3) is 3.93. The molecule has 1 aliphatic heterocycles. The van der Waals surface area contributed by atoms with E-state index in [0.717, 1.165) is 12.1 Å². The lowest BCUT2D eigenvalue weighted by Gasteiger charge is -2.22. The Morgan fingerprint density at radius 3 is 2.46 bits per heavy atom. The van der Waals surface area contributed by atoms with Crippen LogP contribution in [0.3, 0.4) is 0 Å². The highest BCUT2D eigenvalue weighted by Gasteiger charge is 2.50. The monoisotopic (exact) mass is 379 g/mol. The van der Waals surface area contributed by atoms with Crippen molar-refractivity contribution in [3.63, 3.8) is 0 Å². The van der Waals surface area contributed by atoms with Crippen LogP contribution in [0.15, 0.2) is 33.4 Å². The van der Waals surface area contributed by atoms with Gasteiger partial charge in [-0.25, -0.2) is 4.99 Å². The van der Waals surface area contributed by atoms with Crippen molar-refractivity contribution in [1.82, 2.24) is 5.48 Å². The van der Waals surface area contributed by atoms with Crippen LogP contribution in [0, 0.1) is 11.3 Å². The number of hydrogen-bond acceptors (Lipinski definition) is 5. The van der Waals surface area contributed by atoms with Gasteiger partial charge >= 0.3 is 12.4 Å². The minimum absolute atomic E-state index is 0.334. The van der Waals surface area contributed by atoms with Gasteiger partial charge in [-0.3, -0.25) is 10.7 Å². The molecule has 0 saturated carbocycles. The molecule has 12 heteroatoms. The van der Waals surface area contributed by atoms with Gasteiger partial charge in [0.25, 0.3) is 0 Å². The van der Waals surface area contributed by atoms with Crippen molar-refractivity contribution >= 4 is 11.5 Å². The minimum atomic E-state index is -4.83. The molecular formula is C14H11F6N5O. The predicted molar refractivity (Wildman–Crippen MR) is 75.9 cm³/mol. The van der Waals surface area contributed by atoms with Gasteiger partial charge in [0.05, 0.1) is 22.9 Å². The Hall–Kier alpha value is -2.68. The number of hydrogen-bond donors (Lipinski definition) is 2. The molecular weight excluding hydrogens is 368 g/mol. The van der Waals surface area contributed by atoms with Crippen molar-refractivity contribution in [3.05, 3.63) is 29.3 Å². The number of aliphatic imine (C=N–C) groups is 1. The number of hydroxylamine groups is 1. The molecule has 1 aromatic carbocycles. The maximum atomic E-state index is 13.0. The van der Waals surface area contributed by atoms with Gasteiger partial charge in [-0.05, 0) is 25.1 Å². The summed E-state index contributed by atoms with van der Waals surface area (Å²) < 4.78 is 77.1. The smallest absolute Gasteiger partial charge is 0.290 e. The van der Waals surface area contributed by atoms with Crippen LogP contribution >= 0.6 is 0 Å². The maximum Gasteiger partial charge on any atom is 0.417 e. The number of nitriles is 1. The summed E-state index contributed by atoms with van der Waals surface area (Å²) in [4.78, 5) is 3.72. The van der Waals surface area contributed by atoms with E-state index in [1.165, 1.54) is 13.0 Å². The van der Waals surface area contributed by atoms with Crippen LogP contribution in [0.1, 0.15) is 24.5 Å². The fourth-order valence-corrected chi connectivity index (χ4v) is 2.31. The summed E-state index contributed by atoms with van der Waals surface area (Å²) in [5, 5.41) is 24.5. The molecule has 0 aromatic heterocycles. The molecule has 6 nitrogen and oxygen atoms in total. The molecule has 0 amide bonds. The number of alkyl halides is 6. The highest BCUT2D eigenvalue weighted by molar-refractivity contribution is 5.92. The number of rotatable bonds is 2. The lowest BCUT2D eigenvalue weighted by atomic mass is 9.94. The molecule has 1 aliphatic rings. The van der Waals surface area contributed by atoms with E-state index in [0.29, 0.717) is 6.07 Å². The van der Waals surface area contributed by atoms with Crippen molar-refractivity contribution < 1.29 is 31.5 Å². The molecule has 2 rings (SSSR count). The summed E-state index contributed by atoms with van der Waals surface area (Å²) in [7, 11) is 0. The highest BCUT2D eigenvalue weighted by atomic mass is 19.4. The summed E-state index contributed by atoms with van der Waals surface area (Å²) in [6.45, 7) is 1.19. The summed E-state index contributed by atoms with van der Waals surface area (Å²) in [5.41, 5.74) is -2.37. The van der Waals surface area contributed by atoms with E-state index in [1.54, 1.807) is 5.48 Å². The van der Waals surface area contributed by atoms with Gasteiger partial charge in [-0.1, -0.05) is 0 Å². The normalized spacial score (nSPS) is 23.8. The molecule has 0 aliphatic carbocycles. The van der Waals surface area contributed by atoms with E-state index in [-0.39, 0.29) is 5.69 Å². The molecule has 140 valence electrons. The lowest BCUT2D eigenvalue weighted by Crippen LogP contribution is -2.43. The van der Waals surface area contributed by atoms with E-state index in [2.05, 4.69) is 15.2 Å². The molecule has 26 heavy (non-hydrogen) atoms. The molecule has 2 atom stereocenters. The van der Waals surface area contributed by atoms with Gasteiger partial charge in [0, 0.05) is 6.42 Å². The zero-order valence-electron chi connectivity index (χ0n) is 13.0. The van der Waals surface area contributed by atoms with Gasteiger partial charge in [0.2, 0.25) is 0 Å². The zero-order valence-corrected chi connectivity index (χ0v) is 13.0. The molecule has 1 heterocycles. The number of azo groups is 1. The molecule has 0 saturated heterocycles. The zero-order chi connectivity index (χ0) is 19.8. The first-order valence-electron chi connectivity index (χ1n) is 7.00. The van der Waals surface area contributed by atoms with Crippen LogP contribution in [-0.2, 0) is 6.18 Å². The van der Waals surface area contributed by atoms with E-state index >= 15 is 0 Å². The van der Waals surface area contributed by atoms with Crippen molar-refractivity contribution in [2.45, 2.75) is 37.3 Å². The van der Waals surface area contributed by atoms with Crippen molar-refractivity contribution in [2.75, 3.05) is 0 Å². The largest absolute Gasteiger partial charge is 0.417 e. The predicted octanol–water partition coefficient (Wildman–Crippen LogP) is 4.13. The molecule has 0 fully saturated rings. The van der Waals surface area contributed by atoms with Gasteiger partial charge in [-0.15, -0.1) is 0 Å². The molecule has 1 aromatic rings. The fourth-order valence-electron chi connectivity index (χ4n) is 2.31. The van der Waals surface area contributed by atoms with Crippen LogP contribution in [0.25, 0.3) is 0 Å². The van der Waals surface area contributed by atoms with Crippen LogP contribution in [-0.4, -0.2) is 28.8 Å².